The van der Waals surface area contributed by atoms with E-state index in [1.807, 2.05) is 6.92 Å². The predicted octanol–water partition coefficient (Wildman–Crippen LogP) is 1.49. The number of rotatable bonds is 5. The Labute approximate surface area is 97.7 Å². The maximum Gasteiger partial charge on any atom is 0.319 e. The third-order valence-electron chi connectivity index (χ3n) is 3.18. The summed E-state index contributed by atoms with van der Waals surface area (Å²) in [6.07, 6.45) is 2.93. The second kappa shape index (κ2) is 6.21. The maximum atomic E-state index is 11.2. The molecular formula is C12H23NO3. The molecule has 1 N–H and O–H groups in total. The fraction of sp³-hybridized carbons (Fsp3) is 0.917. The number of esters is 1. The number of hydrogen-bond donors (Lipinski definition) is 1. The van der Waals surface area contributed by atoms with Gasteiger partial charge in [0.25, 0.3) is 0 Å². The van der Waals surface area contributed by atoms with Gasteiger partial charge >= 0.3 is 5.97 Å². The normalized spacial score (nSPS) is 30.1. The van der Waals surface area contributed by atoms with Crippen molar-refractivity contribution in [3.63, 3.8) is 0 Å². The predicted molar refractivity (Wildman–Crippen MR) is 62.3 cm³/mol. The van der Waals surface area contributed by atoms with Crippen LogP contribution in [0.3, 0.4) is 0 Å². The van der Waals surface area contributed by atoms with E-state index in [-0.39, 0.29) is 11.6 Å². The number of ether oxygens (including phenoxy) is 2. The van der Waals surface area contributed by atoms with E-state index in [1.54, 1.807) is 0 Å². The minimum Gasteiger partial charge on any atom is -0.465 e. The van der Waals surface area contributed by atoms with Crippen molar-refractivity contribution in [2.45, 2.75) is 51.7 Å². The summed E-state index contributed by atoms with van der Waals surface area (Å²) in [5, 5.41) is 3.24. The molecule has 16 heavy (non-hydrogen) atoms. The Morgan fingerprint density at radius 1 is 1.56 bits per heavy atom. The summed E-state index contributed by atoms with van der Waals surface area (Å²) in [4.78, 5) is 11.2. The zero-order valence-corrected chi connectivity index (χ0v) is 10.5. The molecule has 0 amide bonds. The van der Waals surface area contributed by atoms with Crippen LogP contribution in [0, 0.1) is 0 Å². The number of carbonyl (C=O) groups is 1. The van der Waals surface area contributed by atoms with Crippen LogP contribution < -0.4 is 5.32 Å². The van der Waals surface area contributed by atoms with E-state index in [0.717, 1.165) is 25.9 Å². The van der Waals surface area contributed by atoms with Gasteiger partial charge in [-0.3, -0.25) is 4.79 Å². The van der Waals surface area contributed by atoms with Gasteiger partial charge in [0.2, 0.25) is 0 Å². The molecule has 1 aliphatic rings. The first-order valence-electron chi connectivity index (χ1n) is 6.12. The van der Waals surface area contributed by atoms with Gasteiger partial charge in [-0.05, 0) is 33.1 Å². The molecule has 1 heterocycles. The Bertz CT molecular complexity index is 232. The number of carbonyl (C=O) groups excluding carboxylic acids is 1. The molecule has 0 bridgehead atoms. The topological polar surface area (TPSA) is 47.6 Å². The van der Waals surface area contributed by atoms with Crippen LogP contribution in [0.25, 0.3) is 0 Å². The molecule has 2 unspecified atom stereocenters. The van der Waals surface area contributed by atoms with Crippen LogP contribution in [-0.4, -0.2) is 37.4 Å². The zero-order valence-electron chi connectivity index (χ0n) is 10.5. The van der Waals surface area contributed by atoms with Gasteiger partial charge in [-0.2, -0.15) is 0 Å². The van der Waals surface area contributed by atoms with Crippen molar-refractivity contribution in [1.29, 1.82) is 0 Å². The second-order valence-corrected chi connectivity index (χ2v) is 4.53. The highest BCUT2D eigenvalue weighted by atomic mass is 16.5. The highest BCUT2D eigenvalue weighted by molar-refractivity contribution is 5.71. The van der Waals surface area contributed by atoms with Crippen LogP contribution in [0.2, 0.25) is 0 Å². The van der Waals surface area contributed by atoms with E-state index in [2.05, 4.69) is 19.2 Å². The van der Waals surface area contributed by atoms with Crippen LogP contribution in [0.1, 0.15) is 40.0 Å². The Hall–Kier alpha value is -0.610. The average Bonchev–Trinajstić information content (AvgIpc) is 2.27. The van der Waals surface area contributed by atoms with Crippen molar-refractivity contribution >= 4 is 5.97 Å². The maximum absolute atomic E-state index is 11.2. The molecule has 94 valence electrons. The minimum atomic E-state index is -0.174. The van der Waals surface area contributed by atoms with Gasteiger partial charge in [0.05, 0.1) is 18.8 Å². The summed E-state index contributed by atoms with van der Waals surface area (Å²) in [5.41, 5.74) is -0.0371. The summed E-state index contributed by atoms with van der Waals surface area (Å²) < 4.78 is 10.6. The van der Waals surface area contributed by atoms with E-state index < -0.39 is 0 Å². The van der Waals surface area contributed by atoms with Crippen molar-refractivity contribution in [3.8, 4) is 0 Å². The minimum absolute atomic E-state index is 0.0371. The molecule has 2 atom stereocenters. The number of hydrogen-bond acceptors (Lipinski definition) is 4. The van der Waals surface area contributed by atoms with E-state index in [1.165, 1.54) is 0 Å². The molecule has 4 nitrogen and oxygen atoms in total. The monoisotopic (exact) mass is 229 g/mol. The first kappa shape index (κ1) is 13.5. The smallest absolute Gasteiger partial charge is 0.319 e. The Morgan fingerprint density at radius 3 is 2.94 bits per heavy atom. The zero-order chi connectivity index (χ0) is 12.0. The van der Waals surface area contributed by atoms with Gasteiger partial charge in [-0.15, -0.1) is 0 Å². The lowest BCUT2D eigenvalue weighted by Gasteiger charge is -2.38. The summed E-state index contributed by atoms with van der Waals surface area (Å²) in [5.74, 6) is -0.174. The standard InChI is InChI=1S/C12H23NO3/c1-4-12(3)8-10(6-7-16-12)13-9-11(14)15-5-2/h10,13H,4-9H2,1-3H3. The molecule has 0 saturated carbocycles. The lowest BCUT2D eigenvalue weighted by molar-refractivity contribution is -0.142. The highest BCUT2D eigenvalue weighted by Gasteiger charge is 2.31. The van der Waals surface area contributed by atoms with Crippen LogP contribution in [0.15, 0.2) is 0 Å². The Morgan fingerprint density at radius 2 is 2.31 bits per heavy atom. The molecule has 0 aromatic carbocycles. The molecule has 0 spiro atoms. The van der Waals surface area contributed by atoms with Crippen LogP contribution in [0.4, 0.5) is 0 Å². The van der Waals surface area contributed by atoms with Crippen molar-refractivity contribution in [2.75, 3.05) is 19.8 Å². The van der Waals surface area contributed by atoms with E-state index in [0.29, 0.717) is 19.2 Å². The summed E-state index contributed by atoms with van der Waals surface area (Å²) in [7, 11) is 0. The Balaban J connectivity index is 2.29. The van der Waals surface area contributed by atoms with Crippen LogP contribution in [0.5, 0.6) is 0 Å². The van der Waals surface area contributed by atoms with Gasteiger partial charge in [-0.1, -0.05) is 6.92 Å². The molecule has 0 aromatic heterocycles. The molecule has 1 rings (SSSR count). The van der Waals surface area contributed by atoms with Gasteiger partial charge in [0.15, 0.2) is 0 Å². The third-order valence-corrected chi connectivity index (χ3v) is 3.18. The molecule has 1 aliphatic heterocycles. The van der Waals surface area contributed by atoms with E-state index in [4.69, 9.17) is 9.47 Å². The molecular weight excluding hydrogens is 206 g/mol. The molecule has 0 aromatic rings. The summed E-state index contributed by atoms with van der Waals surface area (Å²) in [6.45, 7) is 7.60. The fourth-order valence-electron chi connectivity index (χ4n) is 1.99. The quantitative estimate of drug-likeness (QED) is 0.726. The SMILES string of the molecule is CCOC(=O)CNC1CCOC(C)(CC)C1. The first-order chi connectivity index (χ1) is 7.59. The van der Waals surface area contributed by atoms with E-state index >= 15 is 0 Å². The molecule has 1 fully saturated rings. The lowest BCUT2D eigenvalue weighted by atomic mass is 9.90. The molecule has 0 aliphatic carbocycles. The Kier molecular flexibility index (Phi) is 5.22. The van der Waals surface area contributed by atoms with Gasteiger partial charge in [0.1, 0.15) is 0 Å². The van der Waals surface area contributed by atoms with Gasteiger partial charge < -0.3 is 14.8 Å². The highest BCUT2D eigenvalue weighted by Crippen LogP contribution is 2.27. The van der Waals surface area contributed by atoms with Crippen molar-refractivity contribution in [1.82, 2.24) is 5.32 Å². The summed E-state index contributed by atoms with van der Waals surface area (Å²) in [6, 6.07) is 0.364. The molecule has 0 radical (unpaired) electrons. The van der Waals surface area contributed by atoms with Gasteiger partial charge in [0, 0.05) is 12.6 Å². The number of nitrogens with one attached hydrogen (secondary N) is 1. The van der Waals surface area contributed by atoms with Crippen molar-refractivity contribution in [3.05, 3.63) is 0 Å². The van der Waals surface area contributed by atoms with Crippen LogP contribution >= 0.6 is 0 Å². The molecule has 4 heteroatoms. The van der Waals surface area contributed by atoms with Crippen LogP contribution in [-0.2, 0) is 14.3 Å². The summed E-state index contributed by atoms with van der Waals surface area (Å²) >= 11 is 0. The second-order valence-electron chi connectivity index (χ2n) is 4.53. The fourth-order valence-corrected chi connectivity index (χ4v) is 1.99. The largest absolute Gasteiger partial charge is 0.465 e. The lowest BCUT2D eigenvalue weighted by Crippen LogP contribution is -2.46. The third kappa shape index (κ3) is 4.10. The first-order valence-corrected chi connectivity index (χ1v) is 6.12. The van der Waals surface area contributed by atoms with Crippen molar-refractivity contribution in [2.24, 2.45) is 0 Å². The van der Waals surface area contributed by atoms with Crippen molar-refractivity contribution < 1.29 is 14.3 Å². The average molecular weight is 229 g/mol. The van der Waals surface area contributed by atoms with Gasteiger partial charge in [-0.25, -0.2) is 0 Å². The van der Waals surface area contributed by atoms with E-state index in [9.17, 15) is 4.79 Å². The molecule has 1 saturated heterocycles.